The maximum Gasteiger partial charge on any atom is 0.110 e. The van der Waals surface area contributed by atoms with Gasteiger partial charge in [-0.05, 0) is 12.3 Å². The third kappa shape index (κ3) is 3.03. The highest BCUT2D eigenvalue weighted by atomic mass is 127. The molecule has 0 saturated heterocycles. The molecule has 1 rings (SSSR count). The molecule has 0 radical (unpaired) electrons. The van der Waals surface area contributed by atoms with Crippen molar-refractivity contribution in [3.63, 3.8) is 0 Å². The fraction of sp³-hybridized carbons (Fsp3) is 0.778. The van der Waals surface area contributed by atoms with Crippen molar-refractivity contribution in [1.29, 1.82) is 0 Å². The Hall–Kier alpha value is 1.08. The highest BCUT2D eigenvalue weighted by molar-refractivity contribution is 14.1. The molecule has 1 aliphatic rings. The van der Waals surface area contributed by atoms with E-state index in [0.29, 0.717) is 13.0 Å². The highest BCUT2D eigenvalue weighted by Gasteiger charge is 2.42. The quantitative estimate of drug-likeness (QED) is 0.545. The van der Waals surface area contributed by atoms with Crippen molar-refractivity contribution in [2.24, 2.45) is 11.8 Å². The fourth-order valence-corrected chi connectivity index (χ4v) is 3.08. The van der Waals surface area contributed by atoms with E-state index in [1.54, 1.807) is 0 Å². The first-order valence-electron chi connectivity index (χ1n) is 4.54. The summed E-state index contributed by atoms with van der Waals surface area (Å²) in [6.45, 7) is 4.34. The summed E-state index contributed by atoms with van der Waals surface area (Å²) in [7, 11) is 0. The predicted octanol–water partition coefficient (Wildman–Crippen LogP) is 2.66. The topological polar surface area (TPSA) is 38.7 Å². The van der Waals surface area contributed by atoms with Crippen LogP contribution in [0.15, 0.2) is 12.7 Å². The molecule has 82 valence electrons. The lowest BCUT2D eigenvalue weighted by Crippen LogP contribution is -2.25. The van der Waals surface area contributed by atoms with Crippen molar-refractivity contribution in [2.75, 3.05) is 6.61 Å². The summed E-state index contributed by atoms with van der Waals surface area (Å²) in [5.41, 5.74) is 0. The van der Waals surface area contributed by atoms with Gasteiger partial charge in [0.15, 0.2) is 0 Å². The molecule has 4 atom stereocenters. The molecular formula is C9H14I2O3. The molecule has 3 nitrogen and oxygen atoms in total. The maximum absolute atomic E-state index is 9.83. The van der Waals surface area contributed by atoms with Gasteiger partial charge in [-0.15, -0.1) is 6.58 Å². The van der Waals surface area contributed by atoms with E-state index in [-0.39, 0.29) is 24.0 Å². The number of halogens is 2. The van der Waals surface area contributed by atoms with Crippen LogP contribution in [0.5, 0.6) is 0 Å². The molecule has 0 bridgehead atoms. The number of aliphatic hydroxyl groups excluding tert-OH is 1. The number of hydrogen-bond acceptors (Lipinski definition) is 3. The Morgan fingerprint density at radius 2 is 2.14 bits per heavy atom. The van der Waals surface area contributed by atoms with Gasteiger partial charge in [0.2, 0.25) is 0 Å². The summed E-state index contributed by atoms with van der Waals surface area (Å²) >= 11 is 3.78. The molecule has 0 aliphatic heterocycles. The molecule has 0 heterocycles. The van der Waals surface area contributed by atoms with Crippen molar-refractivity contribution in [3.8, 4) is 0 Å². The predicted molar refractivity (Wildman–Crippen MR) is 71.3 cm³/mol. The zero-order valence-corrected chi connectivity index (χ0v) is 12.0. The third-order valence-corrected chi connectivity index (χ3v) is 3.82. The Balaban J connectivity index is 2.64. The van der Waals surface area contributed by atoms with Crippen molar-refractivity contribution in [3.05, 3.63) is 12.7 Å². The number of hydrogen-bond donors (Lipinski definition) is 1. The monoisotopic (exact) mass is 424 g/mol. The lowest BCUT2D eigenvalue weighted by molar-refractivity contribution is 0.107. The van der Waals surface area contributed by atoms with Gasteiger partial charge < -0.3 is 11.2 Å². The number of aliphatic hydroxyl groups is 1. The van der Waals surface area contributed by atoms with Crippen LogP contribution in [0.3, 0.4) is 0 Å². The first-order chi connectivity index (χ1) is 6.74. The van der Waals surface area contributed by atoms with Gasteiger partial charge in [-0.1, -0.05) is 6.08 Å². The first-order valence-corrected chi connectivity index (χ1v) is 6.30. The molecule has 0 unspecified atom stereocenters. The number of allylic oxidation sites excluding steroid dienone is 1. The van der Waals surface area contributed by atoms with Crippen LogP contribution >= 0.6 is 46.0 Å². The van der Waals surface area contributed by atoms with E-state index in [4.69, 9.17) is 6.13 Å². The minimum Gasteiger partial charge on any atom is -0.393 e. The largest absolute Gasteiger partial charge is 0.393 e. The van der Waals surface area contributed by atoms with Gasteiger partial charge in [0.1, 0.15) is 46.0 Å². The summed E-state index contributed by atoms with van der Waals surface area (Å²) < 4.78 is 10.4. The smallest absolute Gasteiger partial charge is 0.110 e. The Morgan fingerprint density at radius 3 is 2.64 bits per heavy atom. The highest BCUT2D eigenvalue weighted by Crippen LogP contribution is 2.38. The molecular weight excluding hydrogens is 410 g/mol. The summed E-state index contributed by atoms with van der Waals surface area (Å²) in [6, 6.07) is 0. The van der Waals surface area contributed by atoms with Crippen molar-refractivity contribution in [2.45, 2.75) is 25.0 Å². The molecule has 0 aromatic rings. The lowest BCUT2D eigenvalue weighted by Gasteiger charge is -2.21. The number of rotatable bonds is 5. The summed E-state index contributed by atoms with van der Waals surface area (Å²) in [5, 5.41) is 9.83. The van der Waals surface area contributed by atoms with Gasteiger partial charge in [0.05, 0.1) is 18.8 Å². The second-order valence-corrected chi connectivity index (χ2v) is 4.69. The molecule has 0 aromatic heterocycles. The van der Waals surface area contributed by atoms with E-state index in [9.17, 15) is 5.11 Å². The van der Waals surface area contributed by atoms with Gasteiger partial charge in [-0.3, -0.25) is 0 Å². The van der Waals surface area contributed by atoms with Crippen LogP contribution in [0.1, 0.15) is 12.8 Å². The van der Waals surface area contributed by atoms with E-state index in [0.717, 1.165) is 6.42 Å². The van der Waals surface area contributed by atoms with E-state index in [1.807, 2.05) is 52.1 Å². The summed E-state index contributed by atoms with van der Waals surface area (Å²) in [4.78, 5) is 0. The molecule has 0 amide bonds. The second-order valence-electron chi connectivity index (χ2n) is 3.56. The molecule has 1 N–H and O–H groups in total. The molecule has 1 fully saturated rings. The first kappa shape index (κ1) is 13.1. The van der Waals surface area contributed by atoms with E-state index in [2.05, 4.69) is 6.58 Å². The van der Waals surface area contributed by atoms with Crippen molar-refractivity contribution >= 4 is 46.0 Å². The fourth-order valence-electron chi connectivity index (χ4n) is 2.08. The van der Waals surface area contributed by atoms with Crippen molar-refractivity contribution < 1.29 is 11.2 Å². The zero-order valence-electron chi connectivity index (χ0n) is 7.73. The van der Waals surface area contributed by atoms with Gasteiger partial charge in [0.25, 0.3) is 0 Å². The SMILES string of the molecule is C=CC[C@@H]1[C@@H](COI)[C@H](OI)C[C@@H]1O. The molecule has 14 heavy (non-hydrogen) atoms. The summed E-state index contributed by atoms with van der Waals surface area (Å²) in [5.74, 6) is 0.499. The second kappa shape index (κ2) is 6.62. The van der Waals surface area contributed by atoms with E-state index >= 15 is 0 Å². The Bertz CT molecular complexity index is 189. The standard InChI is InChI=1S/C9H14I2O3/c1-2-3-6-7(5-13-10)9(14-11)4-8(6)12/h2,6-9,12H,1,3-5H2/t6-,7-,8+,9-/m1/s1. The van der Waals surface area contributed by atoms with Crippen LogP contribution in [0.2, 0.25) is 0 Å². The Kier molecular flexibility index (Phi) is 6.21. The van der Waals surface area contributed by atoms with Gasteiger partial charge >= 0.3 is 0 Å². The minimum absolute atomic E-state index is 0.102. The van der Waals surface area contributed by atoms with Gasteiger partial charge in [-0.2, -0.15) is 0 Å². The Morgan fingerprint density at radius 1 is 1.43 bits per heavy atom. The van der Waals surface area contributed by atoms with Gasteiger partial charge in [0, 0.05) is 12.3 Å². The Labute approximate surface area is 113 Å². The minimum atomic E-state index is -0.288. The lowest BCUT2D eigenvalue weighted by atomic mass is 9.91. The van der Waals surface area contributed by atoms with Crippen LogP contribution in [0.4, 0.5) is 0 Å². The third-order valence-electron chi connectivity index (χ3n) is 2.80. The average molecular weight is 424 g/mol. The van der Waals surface area contributed by atoms with Crippen LogP contribution in [0, 0.1) is 11.8 Å². The average Bonchev–Trinajstić information content (AvgIpc) is 2.47. The van der Waals surface area contributed by atoms with Crippen LogP contribution in [0.25, 0.3) is 0 Å². The van der Waals surface area contributed by atoms with E-state index < -0.39 is 0 Å². The van der Waals surface area contributed by atoms with Crippen LogP contribution in [-0.4, -0.2) is 23.9 Å². The van der Waals surface area contributed by atoms with E-state index in [1.165, 1.54) is 0 Å². The molecule has 1 aliphatic carbocycles. The van der Waals surface area contributed by atoms with Crippen molar-refractivity contribution in [1.82, 2.24) is 0 Å². The zero-order chi connectivity index (χ0) is 10.6. The summed E-state index contributed by atoms with van der Waals surface area (Å²) in [6.07, 6.45) is 3.19. The normalized spacial score (nSPS) is 37.4. The molecule has 5 heteroatoms. The molecule has 0 aromatic carbocycles. The van der Waals surface area contributed by atoms with Crippen LogP contribution in [-0.2, 0) is 6.13 Å². The maximum atomic E-state index is 9.83. The van der Waals surface area contributed by atoms with Gasteiger partial charge in [-0.25, -0.2) is 0 Å². The molecule has 1 saturated carbocycles. The van der Waals surface area contributed by atoms with Crippen LogP contribution < -0.4 is 0 Å². The molecule has 0 spiro atoms.